The van der Waals surface area contributed by atoms with Crippen LogP contribution in [0.4, 0.5) is 29.1 Å². The molecule has 0 N–H and O–H groups in total. The monoisotopic (exact) mass is 569 g/mol. The third kappa shape index (κ3) is 6.14. The zero-order valence-corrected chi connectivity index (χ0v) is 22.9. The Hall–Kier alpha value is -4.12. The smallest absolute Gasteiger partial charge is 0.401 e. The first-order chi connectivity index (χ1) is 19.7. The quantitative estimate of drug-likeness (QED) is 0.258. The molecule has 11 heteroatoms. The van der Waals surface area contributed by atoms with E-state index in [4.69, 9.17) is 0 Å². The van der Waals surface area contributed by atoms with Gasteiger partial charge in [-0.2, -0.15) is 0 Å². The van der Waals surface area contributed by atoms with E-state index in [0.717, 1.165) is 37.1 Å². The molecule has 2 aromatic carbocycles. The highest BCUT2D eigenvalue weighted by Crippen LogP contribution is 2.42. The molecule has 1 saturated heterocycles. The van der Waals surface area contributed by atoms with Gasteiger partial charge in [0.05, 0.1) is 5.39 Å². The van der Waals surface area contributed by atoms with Crippen molar-refractivity contribution in [2.75, 3.05) is 49.1 Å². The van der Waals surface area contributed by atoms with E-state index in [-0.39, 0.29) is 29.7 Å². The maximum atomic E-state index is 15.6. The summed E-state index contributed by atoms with van der Waals surface area (Å²) in [5, 5.41) is -0.202. The van der Waals surface area contributed by atoms with Gasteiger partial charge in [0, 0.05) is 56.9 Å². The van der Waals surface area contributed by atoms with E-state index >= 15 is 4.39 Å². The Morgan fingerprint density at radius 3 is 2.24 bits per heavy atom. The van der Waals surface area contributed by atoms with Crippen LogP contribution in [0.15, 0.2) is 71.8 Å². The van der Waals surface area contributed by atoms with Crippen molar-refractivity contribution in [3.63, 3.8) is 0 Å². The zero-order valence-electron chi connectivity index (χ0n) is 22.9. The van der Waals surface area contributed by atoms with Crippen molar-refractivity contribution in [3.8, 4) is 11.4 Å². The van der Waals surface area contributed by atoms with Crippen LogP contribution in [0.5, 0.6) is 5.75 Å². The Labute approximate surface area is 235 Å². The molecule has 0 unspecified atom stereocenters. The van der Waals surface area contributed by atoms with E-state index < -0.39 is 23.4 Å². The number of nitrogens with zero attached hydrogens (tertiary/aromatic N) is 5. The van der Waals surface area contributed by atoms with E-state index in [1.807, 2.05) is 29.2 Å². The first-order valence-electron chi connectivity index (χ1n) is 13.5. The second-order valence-electron chi connectivity index (χ2n) is 9.82. The fourth-order valence-corrected chi connectivity index (χ4v) is 5.23. The van der Waals surface area contributed by atoms with Gasteiger partial charge in [-0.1, -0.05) is 32.0 Å². The van der Waals surface area contributed by atoms with Gasteiger partial charge in [-0.25, -0.2) is 9.37 Å². The largest absolute Gasteiger partial charge is 0.573 e. The molecule has 41 heavy (non-hydrogen) atoms. The average Bonchev–Trinajstić information content (AvgIpc) is 2.97. The Balaban J connectivity index is 1.60. The van der Waals surface area contributed by atoms with Crippen molar-refractivity contribution in [1.82, 2.24) is 14.5 Å². The minimum Gasteiger partial charge on any atom is -0.401 e. The number of aromatic nitrogens is 2. The van der Waals surface area contributed by atoms with Crippen LogP contribution >= 0.6 is 0 Å². The summed E-state index contributed by atoms with van der Waals surface area (Å²) in [6.07, 6.45) is -2.06. The fourth-order valence-electron chi connectivity index (χ4n) is 5.23. The maximum Gasteiger partial charge on any atom is 0.573 e. The molecule has 0 bridgehead atoms. The number of alkyl halides is 3. The lowest BCUT2D eigenvalue weighted by Gasteiger charge is -2.37. The minimum atomic E-state index is -5.12. The number of benzene rings is 2. The first-order valence-corrected chi connectivity index (χ1v) is 13.5. The minimum absolute atomic E-state index is 0.144. The van der Waals surface area contributed by atoms with Gasteiger partial charge in [-0.3, -0.25) is 9.69 Å². The van der Waals surface area contributed by atoms with E-state index in [1.165, 1.54) is 21.7 Å². The molecule has 7 nitrogen and oxygen atoms in total. The van der Waals surface area contributed by atoms with Crippen molar-refractivity contribution >= 4 is 22.4 Å². The molecule has 2 aromatic heterocycles. The number of pyridine rings is 2. The summed E-state index contributed by atoms with van der Waals surface area (Å²) >= 11 is 0. The van der Waals surface area contributed by atoms with Gasteiger partial charge in [0.25, 0.3) is 0 Å². The third-order valence-corrected chi connectivity index (χ3v) is 7.37. The maximum absolute atomic E-state index is 15.6. The van der Waals surface area contributed by atoms with Crippen LogP contribution in [0.25, 0.3) is 16.6 Å². The van der Waals surface area contributed by atoms with E-state index in [9.17, 15) is 18.0 Å². The Kier molecular flexibility index (Phi) is 8.16. The number of halogens is 4. The molecule has 1 aliphatic heterocycles. The third-order valence-electron chi connectivity index (χ3n) is 7.37. The number of ether oxygens (including phenoxy) is 1. The fraction of sp³-hybridized carbons (Fsp3) is 0.333. The summed E-state index contributed by atoms with van der Waals surface area (Å²) in [5.41, 5.74) is 0.477. The Morgan fingerprint density at radius 2 is 1.63 bits per heavy atom. The van der Waals surface area contributed by atoms with E-state index in [0.29, 0.717) is 18.8 Å². The summed E-state index contributed by atoms with van der Waals surface area (Å²) in [5.74, 6) is -0.952. The van der Waals surface area contributed by atoms with Crippen LogP contribution < -0.4 is 20.0 Å². The SMILES string of the molecule is CCN(CC)Cc1ccc(-n2ccc(=O)c3cc(F)c(N4CCN(c5ccccn5)CC4)c(OC(F)(F)F)c32)cc1. The summed E-state index contributed by atoms with van der Waals surface area (Å²) in [6, 6.07) is 15.0. The number of hydrogen-bond donors (Lipinski definition) is 0. The summed E-state index contributed by atoms with van der Waals surface area (Å²) in [4.78, 5) is 22.9. The molecule has 3 heterocycles. The summed E-state index contributed by atoms with van der Waals surface area (Å²) in [7, 11) is 0. The topological polar surface area (TPSA) is 53.8 Å². The molecule has 0 spiro atoms. The van der Waals surface area contributed by atoms with Crippen molar-refractivity contribution < 1.29 is 22.3 Å². The summed E-state index contributed by atoms with van der Waals surface area (Å²) < 4.78 is 63.1. The van der Waals surface area contributed by atoms with E-state index in [2.05, 4.69) is 28.5 Å². The van der Waals surface area contributed by atoms with Gasteiger partial charge in [0.2, 0.25) is 0 Å². The van der Waals surface area contributed by atoms with Crippen LogP contribution in [-0.2, 0) is 6.54 Å². The number of piperazine rings is 1. The van der Waals surface area contributed by atoms with Gasteiger partial charge < -0.3 is 19.1 Å². The molecule has 216 valence electrons. The van der Waals surface area contributed by atoms with Gasteiger partial charge in [0.15, 0.2) is 17.0 Å². The molecule has 5 rings (SSSR count). The van der Waals surface area contributed by atoms with Crippen LogP contribution in [0, 0.1) is 5.82 Å². The zero-order chi connectivity index (χ0) is 29.1. The summed E-state index contributed by atoms with van der Waals surface area (Å²) in [6.45, 7) is 7.90. The molecule has 4 aromatic rings. The molecular weight excluding hydrogens is 538 g/mol. The molecule has 0 aliphatic carbocycles. The van der Waals surface area contributed by atoms with Gasteiger partial charge in [0.1, 0.15) is 17.0 Å². The van der Waals surface area contributed by atoms with Crippen molar-refractivity contribution in [1.29, 1.82) is 0 Å². The van der Waals surface area contributed by atoms with Crippen LogP contribution in [0.1, 0.15) is 19.4 Å². The van der Waals surface area contributed by atoms with E-state index in [1.54, 1.807) is 24.4 Å². The molecule has 0 radical (unpaired) electrons. The van der Waals surface area contributed by atoms with Gasteiger partial charge in [-0.15, -0.1) is 13.2 Å². The number of hydrogen-bond acceptors (Lipinski definition) is 6. The molecule has 0 atom stereocenters. The van der Waals surface area contributed by atoms with Crippen molar-refractivity contribution in [2.45, 2.75) is 26.8 Å². The molecular formula is C30H31F4N5O2. The highest BCUT2D eigenvalue weighted by atomic mass is 19.4. The van der Waals surface area contributed by atoms with Crippen LogP contribution in [0.2, 0.25) is 0 Å². The predicted molar refractivity (Wildman–Crippen MR) is 151 cm³/mol. The van der Waals surface area contributed by atoms with Crippen molar-refractivity contribution in [3.05, 3.63) is 88.6 Å². The predicted octanol–water partition coefficient (Wildman–Crippen LogP) is 5.59. The van der Waals surface area contributed by atoms with Gasteiger partial charge >= 0.3 is 6.36 Å². The second-order valence-corrected chi connectivity index (χ2v) is 9.82. The van der Waals surface area contributed by atoms with Crippen LogP contribution in [0.3, 0.4) is 0 Å². The molecule has 1 aliphatic rings. The van der Waals surface area contributed by atoms with Crippen molar-refractivity contribution in [2.24, 2.45) is 0 Å². The first kappa shape index (κ1) is 28.4. The lowest BCUT2D eigenvalue weighted by atomic mass is 10.1. The number of fused-ring (bicyclic) bond motifs is 1. The standard InChI is InChI=1S/C30H31F4N5O2/c1-3-36(4-2)20-21-8-10-22(11-9-21)39-14-12-25(40)23-19-24(31)28(29(27(23)39)41-30(32,33)34)38-17-15-37(16-18-38)26-7-5-6-13-35-26/h5-14,19H,3-4,15-18,20H2,1-2H3. The Bertz CT molecular complexity index is 1550. The molecule has 0 amide bonds. The number of anilines is 2. The average molecular weight is 570 g/mol. The van der Waals surface area contributed by atoms with Crippen LogP contribution in [-0.4, -0.2) is 60.1 Å². The lowest BCUT2D eigenvalue weighted by Crippen LogP contribution is -2.47. The highest BCUT2D eigenvalue weighted by molar-refractivity contribution is 5.92. The second kappa shape index (κ2) is 11.8. The number of rotatable bonds is 8. The van der Waals surface area contributed by atoms with Gasteiger partial charge in [-0.05, 0) is 49.0 Å². The molecule has 0 saturated carbocycles. The Morgan fingerprint density at radius 1 is 0.951 bits per heavy atom. The normalized spacial score (nSPS) is 14.2. The lowest BCUT2D eigenvalue weighted by molar-refractivity contribution is -0.274. The highest BCUT2D eigenvalue weighted by Gasteiger charge is 2.37. The molecule has 1 fully saturated rings.